The van der Waals surface area contributed by atoms with Gasteiger partial charge in [-0.15, -0.1) is 11.6 Å². The lowest BCUT2D eigenvalue weighted by Crippen LogP contribution is -2.07. The normalized spacial score (nSPS) is 11.8. The van der Waals surface area contributed by atoms with Crippen LogP contribution in [0.1, 0.15) is 19.4 Å². The number of alkyl halides is 1. The maximum Gasteiger partial charge on any atom is 0.0653 e. The number of hydrogen-bond donors (Lipinski definition) is 0. The van der Waals surface area contributed by atoms with Gasteiger partial charge in [-0.3, -0.25) is 0 Å². The minimum atomic E-state index is -0.443. The van der Waals surface area contributed by atoms with E-state index in [2.05, 4.69) is 0 Å². The summed E-state index contributed by atoms with van der Waals surface area (Å²) in [6.07, 6.45) is 0. The molecule has 0 fully saturated rings. The Labute approximate surface area is 87.4 Å². The van der Waals surface area contributed by atoms with Crippen LogP contribution >= 0.6 is 34.8 Å². The number of benzene rings is 1. The van der Waals surface area contributed by atoms with Gasteiger partial charge in [-0.25, -0.2) is 0 Å². The molecule has 66 valence electrons. The summed E-state index contributed by atoms with van der Waals surface area (Å²) in [5.41, 5.74) is 0.898. The average Bonchev–Trinajstić information content (AvgIpc) is 1.83. The van der Waals surface area contributed by atoms with Crippen LogP contribution in [0, 0.1) is 0 Å². The topological polar surface area (TPSA) is 0 Å². The molecule has 0 unspecified atom stereocenters. The van der Waals surface area contributed by atoms with Crippen molar-refractivity contribution in [1.29, 1.82) is 0 Å². The fourth-order valence-electron chi connectivity index (χ4n) is 0.972. The fourth-order valence-corrected chi connectivity index (χ4v) is 1.83. The van der Waals surface area contributed by atoms with E-state index in [4.69, 9.17) is 34.8 Å². The first-order valence-corrected chi connectivity index (χ1v) is 4.69. The number of hydrogen-bond acceptors (Lipinski definition) is 0. The molecule has 1 rings (SSSR count). The molecule has 3 heteroatoms. The Kier molecular flexibility index (Phi) is 2.92. The van der Waals surface area contributed by atoms with Crippen LogP contribution in [0.4, 0.5) is 0 Å². The number of rotatable bonds is 1. The first-order chi connectivity index (χ1) is 5.41. The van der Waals surface area contributed by atoms with Gasteiger partial charge >= 0.3 is 0 Å². The highest BCUT2D eigenvalue weighted by molar-refractivity contribution is 6.36. The predicted octanol–water partition coefficient (Wildman–Crippen LogP) is 4.47. The van der Waals surface area contributed by atoms with Gasteiger partial charge in [0.2, 0.25) is 0 Å². The molecule has 12 heavy (non-hydrogen) atoms. The van der Waals surface area contributed by atoms with Gasteiger partial charge in [0.25, 0.3) is 0 Å². The highest BCUT2D eigenvalue weighted by atomic mass is 35.5. The molecule has 1 aromatic rings. The van der Waals surface area contributed by atoms with Gasteiger partial charge in [-0.05, 0) is 31.5 Å². The van der Waals surface area contributed by atoms with Gasteiger partial charge in [0.05, 0.1) is 4.87 Å². The average molecular weight is 224 g/mol. The standard InChI is InChI=1S/C9H9Cl3/c1-9(2,12)7-4-3-6(10)5-8(7)11/h3-5H,1-2H3. The summed E-state index contributed by atoms with van der Waals surface area (Å²) in [5, 5.41) is 1.24. The third-order valence-electron chi connectivity index (χ3n) is 1.57. The van der Waals surface area contributed by atoms with Gasteiger partial charge in [0.1, 0.15) is 0 Å². The zero-order valence-electron chi connectivity index (χ0n) is 6.87. The van der Waals surface area contributed by atoms with Crippen molar-refractivity contribution in [3.8, 4) is 0 Å². The minimum Gasteiger partial charge on any atom is -0.115 e. The molecule has 0 aliphatic heterocycles. The summed E-state index contributed by atoms with van der Waals surface area (Å²) in [6.45, 7) is 3.79. The summed E-state index contributed by atoms with van der Waals surface area (Å²) < 4.78 is 0. The van der Waals surface area contributed by atoms with Crippen molar-refractivity contribution in [2.45, 2.75) is 18.7 Å². The van der Waals surface area contributed by atoms with Crippen LogP contribution in [0.2, 0.25) is 10.0 Å². The van der Waals surface area contributed by atoms with E-state index in [1.165, 1.54) is 0 Å². The Balaban J connectivity index is 3.19. The molecule has 0 aliphatic carbocycles. The molecule has 0 N–H and O–H groups in total. The van der Waals surface area contributed by atoms with Crippen LogP contribution in [-0.2, 0) is 4.87 Å². The summed E-state index contributed by atoms with van der Waals surface area (Å²) >= 11 is 17.8. The van der Waals surface area contributed by atoms with Gasteiger partial charge in [-0.2, -0.15) is 0 Å². The van der Waals surface area contributed by atoms with Crippen molar-refractivity contribution in [3.63, 3.8) is 0 Å². The van der Waals surface area contributed by atoms with Crippen molar-refractivity contribution in [2.75, 3.05) is 0 Å². The molecule has 0 nitrogen and oxygen atoms in total. The highest BCUT2D eigenvalue weighted by Crippen LogP contribution is 2.34. The van der Waals surface area contributed by atoms with Crippen LogP contribution in [-0.4, -0.2) is 0 Å². The Hall–Kier alpha value is 0.0900. The zero-order valence-corrected chi connectivity index (χ0v) is 9.13. The van der Waals surface area contributed by atoms with E-state index in [1.54, 1.807) is 12.1 Å². The van der Waals surface area contributed by atoms with Crippen LogP contribution in [0.5, 0.6) is 0 Å². The van der Waals surface area contributed by atoms with Crippen molar-refractivity contribution in [3.05, 3.63) is 33.8 Å². The largest absolute Gasteiger partial charge is 0.115 e. The monoisotopic (exact) mass is 222 g/mol. The highest BCUT2D eigenvalue weighted by Gasteiger charge is 2.19. The van der Waals surface area contributed by atoms with E-state index in [0.29, 0.717) is 10.0 Å². The molecule has 0 aromatic heterocycles. The summed E-state index contributed by atoms with van der Waals surface area (Å²) in [6, 6.07) is 5.33. The molecule has 0 amide bonds. The molecule has 0 spiro atoms. The smallest absolute Gasteiger partial charge is 0.0653 e. The van der Waals surface area contributed by atoms with Crippen molar-refractivity contribution < 1.29 is 0 Å². The third kappa shape index (κ3) is 2.29. The molecular formula is C9H9Cl3. The zero-order chi connectivity index (χ0) is 9.35. The lowest BCUT2D eigenvalue weighted by Gasteiger charge is -2.17. The van der Waals surface area contributed by atoms with Crippen molar-refractivity contribution in [1.82, 2.24) is 0 Å². The molecule has 0 saturated carbocycles. The van der Waals surface area contributed by atoms with Gasteiger partial charge in [0.15, 0.2) is 0 Å². The second-order valence-corrected chi connectivity index (χ2v) is 4.89. The molecule has 0 aliphatic rings. The summed E-state index contributed by atoms with van der Waals surface area (Å²) in [4.78, 5) is -0.443. The first kappa shape index (κ1) is 10.2. The first-order valence-electron chi connectivity index (χ1n) is 3.55. The Morgan fingerprint density at radius 2 is 1.75 bits per heavy atom. The molecule has 0 heterocycles. The maximum absolute atomic E-state index is 6.09. The maximum atomic E-state index is 6.09. The molecular weight excluding hydrogens is 214 g/mol. The van der Waals surface area contributed by atoms with E-state index in [9.17, 15) is 0 Å². The van der Waals surface area contributed by atoms with Crippen LogP contribution in [0.25, 0.3) is 0 Å². The lowest BCUT2D eigenvalue weighted by molar-refractivity contribution is 0.766. The van der Waals surface area contributed by atoms with E-state index in [1.807, 2.05) is 19.9 Å². The van der Waals surface area contributed by atoms with Crippen LogP contribution in [0.15, 0.2) is 18.2 Å². The Bertz CT molecular complexity index is 286. The molecule has 0 atom stereocenters. The van der Waals surface area contributed by atoms with E-state index in [0.717, 1.165) is 5.56 Å². The molecule has 0 bridgehead atoms. The predicted molar refractivity (Wildman–Crippen MR) is 55.3 cm³/mol. The van der Waals surface area contributed by atoms with E-state index < -0.39 is 4.87 Å². The van der Waals surface area contributed by atoms with Crippen molar-refractivity contribution >= 4 is 34.8 Å². The molecule has 0 saturated heterocycles. The molecule has 0 radical (unpaired) electrons. The van der Waals surface area contributed by atoms with E-state index in [-0.39, 0.29) is 0 Å². The second kappa shape index (κ2) is 3.45. The van der Waals surface area contributed by atoms with Crippen molar-refractivity contribution in [2.24, 2.45) is 0 Å². The summed E-state index contributed by atoms with van der Waals surface area (Å²) in [5.74, 6) is 0. The minimum absolute atomic E-state index is 0.443. The van der Waals surface area contributed by atoms with Gasteiger partial charge in [-0.1, -0.05) is 29.3 Å². The van der Waals surface area contributed by atoms with Crippen LogP contribution in [0.3, 0.4) is 0 Å². The quantitative estimate of drug-likeness (QED) is 0.616. The SMILES string of the molecule is CC(C)(Cl)c1ccc(Cl)cc1Cl. The molecule has 1 aromatic carbocycles. The van der Waals surface area contributed by atoms with Gasteiger partial charge < -0.3 is 0 Å². The summed E-state index contributed by atoms with van der Waals surface area (Å²) in [7, 11) is 0. The second-order valence-electron chi connectivity index (χ2n) is 3.10. The Morgan fingerprint density at radius 1 is 1.17 bits per heavy atom. The van der Waals surface area contributed by atoms with Crippen LogP contribution < -0.4 is 0 Å². The van der Waals surface area contributed by atoms with E-state index >= 15 is 0 Å². The number of halogens is 3. The lowest BCUT2D eigenvalue weighted by atomic mass is 10.0. The van der Waals surface area contributed by atoms with Gasteiger partial charge in [0, 0.05) is 10.0 Å². The third-order valence-corrected chi connectivity index (χ3v) is 2.32. The fraction of sp³-hybridized carbons (Fsp3) is 0.333. The Morgan fingerprint density at radius 3 is 2.17 bits per heavy atom.